The van der Waals surface area contributed by atoms with E-state index >= 15 is 0 Å². The number of aliphatic hydroxyl groups excluding tert-OH is 1. The number of aromatic nitrogens is 1. The Hall–Kier alpha value is -2.43. The number of thiophene rings is 1. The smallest absolute Gasteiger partial charge is 0.144 e. The number of Topliss-reactive ketones (excluding diaryl/α,β-unsaturated/α-hetero) is 1. The SMILES string of the molecule is C=C[C@H](C(=O)C1C[C@H](O)C[C@H]1c1cccn1CCc1cccc(-c2sccc2C)c1)C(C)(C)C. The Labute approximate surface area is 208 Å². The molecule has 3 nitrogen and oxygen atoms in total. The van der Waals surface area contributed by atoms with Gasteiger partial charge in [-0.15, -0.1) is 17.9 Å². The minimum Gasteiger partial charge on any atom is -0.393 e. The van der Waals surface area contributed by atoms with Crippen molar-refractivity contribution in [2.45, 2.75) is 65.5 Å². The van der Waals surface area contributed by atoms with Crippen LogP contribution in [0.5, 0.6) is 0 Å². The number of aryl methyl sites for hydroxylation is 3. The van der Waals surface area contributed by atoms with Gasteiger partial charge in [-0.05, 0) is 71.9 Å². The van der Waals surface area contributed by atoms with Crippen LogP contribution in [0.25, 0.3) is 10.4 Å². The predicted molar refractivity (Wildman–Crippen MR) is 142 cm³/mol. The topological polar surface area (TPSA) is 42.2 Å². The number of carbonyl (C=O) groups excluding carboxylic acids is 1. The van der Waals surface area contributed by atoms with Gasteiger partial charge in [-0.2, -0.15) is 0 Å². The molecule has 34 heavy (non-hydrogen) atoms. The van der Waals surface area contributed by atoms with Crippen molar-refractivity contribution >= 4 is 17.1 Å². The molecule has 0 saturated heterocycles. The second-order valence-corrected chi connectivity index (χ2v) is 11.7. The van der Waals surface area contributed by atoms with Crippen molar-refractivity contribution in [3.05, 3.63) is 83.5 Å². The Balaban J connectivity index is 1.53. The zero-order chi connectivity index (χ0) is 24.5. The molecule has 0 bridgehead atoms. The number of hydrogen-bond donors (Lipinski definition) is 1. The van der Waals surface area contributed by atoms with Crippen molar-refractivity contribution in [3.8, 4) is 10.4 Å². The van der Waals surface area contributed by atoms with E-state index in [9.17, 15) is 9.90 Å². The second-order valence-electron chi connectivity index (χ2n) is 10.8. The summed E-state index contributed by atoms with van der Waals surface area (Å²) >= 11 is 1.79. The molecular weight excluding hydrogens is 438 g/mol. The van der Waals surface area contributed by atoms with Gasteiger partial charge in [-0.25, -0.2) is 0 Å². The van der Waals surface area contributed by atoms with Gasteiger partial charge in [0.05, 0.1) is 6.10 Å². The van der Waals surface area contributed by atoms with Crippen LogP contribution in [0.15, 0.2) is 66.7 Å². The van der Waals surface area contributed by atoms with Crippen LogP contribution in [-0.4, -0.2) is 21.6 Å². The van der Waals surface area contributed by atoms with E-state index in [1.54, 1.807) is 17.4 Å². The second kappa shape index (κ2) is 10.1. The van der Waals surface area contributed by atoms with Gasteiger partial charge in [0.15, 0.2) is 0 Å². The van der Waals surface area contributed by atoms with Crippen LogP contribution < -0.4 is 0 Å². The van der Waals surface area contributed by atoms with E-state index in [-0.39, 0.29) is 29.0 Å². The molecule has 1 saturated carbocycles. The normalized spacial score (nSPS) is 21.5. The molecule has 1 unspecified atom stereocenters. The Kier molecular flexibility index (Phi) is 7.30. The number of benzene rings is 1. The molecule has 0 spiro atoms. The Morgan fingerprint density at radius 2 is 2.03 bits per heavy atom. The molecule has 2 heterocycles. The van der Waals surface area contributed by atoms with Crippen LogP contribution in [0.3, 0.4) is 0 Å². The van der Waals surface area contributed by atoms with Gasteiger partial charge in [0.1, 0.15) is 5.78 Å². The predicted octanol–water partition coefficient (Wildman–Crippen LogP) is 7.04. The first-order valence-electron chi connectivity index (χ1n) is 12.3. The van der Waals surface area contributed by atoms with Gasteiger partial charge in [0.2, 0.25) is 0 Å². The Morgan fingerprint density at radius 1 is 1.24 bits per heavy atom. The van der Waals surface area contributed by atoms with Crippen molar-refractivity contribution in [1.82, 2.24) is 4.57 Å². The van der Waals surface area contributed by atoms with E-state index in [1.165, 1.54) is 21.6 Å². The lowest BCUT2D eigenvalue weighted by molar-refractivity contribution is -0.128. The van der Waals surface area contributed by atoms with Crippen LogP contribution >= 0.6 is 11.3 Å². The lowest BCUT2D eigenvalue weighted by atomic mass is 9.72. The van der Waals surface area contributed by atoms with E-state index in [0.29, 0.717) is 12.8 Å². The largest absolute Gasteiger partial charge is 0.393 e. The fourth-order valence-electron chi connectivity index (χ4n) is 5.53. The maximum atomic E-state index is 13.6. The molecular formula is C30H37NO2S. The van der Waals surface area contributed by atoms with Gasteiger partial charge in [0.25, 0.3) is 0 Å². The number of carbonyl (C=O) groups is 1. The van der Waals surface area contributed by atoms with Crippen LogP contribution in [-0.2, 0) is 17.8 Å². The molecule has 1 N–H and O–H groups in total. The number of hydrogen-bond acceptors (Lipinski definition) is 3. The van der Waals surface area contributed by atoms with E-state index < -0.39 is 6.10 Å². The first-order valence-corrected chi connectivity index (χ1v) is 13.2. The molecule has 0 radical (unpaired) electrons. The van der Waals surface area contributed by atoms with E-state index in [2.05, 4.69) is 92.9 Å². The minimum atomic E-state index is -0.432. The molecule has 180 valence electrons. The molecule has 4 heteroatoms. The molecule has 3 aromatic rings. The summed E-state index contributed by atoms with van der Waals surface area (Å²) in [5.41, 5.74) is 4.89. The standard InChI is InChI=1S/C30H37NO2S/c1-6-26(30(3,4)5)28(33)25-19-23(32)18-24(25)27-11-8-14-31(27)15-12-21-9-7-10-22(17-21)29-20(2)13-16-34-29/h6-11,13-14,16-17,23-26,32H,1,12,15,18-19H2,2-5H3/t23-,24-,25?,26-/m1/s1. The molecule has 1 aliphatic carbocycles. The zero-order valence-electron chi connectivity index (χ0n) is 20.8. The van der Waals surface area contributed by atoms with Crippen LogP contribution in [0.4, 0.5) is 0 Å². The fourth-order valence-corrected chi connectivity index (χ4v) is 6.46. The first kappa shape index (κ1) is 24.7. The summed E-state index contributed by atoms with van der Waals surface area (Å²) in [6.45, 7) is 13.2. The summed E-state index contributed by atoms with van der Waals surface area (Å²) in [5, 5.41) is 12.7. The lowest BCUT2D eigenvalue weighted by Gasteiger charge is -2.31. The monoisotopic (exact) mass is 475 g/mol. The minimum absolute atomic E-state index is 0.0439. The summed E-state index contributed by atoms with van der Waals surface area (Å²) < 4.78 is 2.28. The summed E-state index contributed by atoms with van der Waals surface area (Å²) in [4.78, 5) is 14.9. The van der Waals surface area contributed by atoms with Gasteiger partial charge < -0.3 is 9.67 Å². The quantitative estimate of drug-likeness (QED) is 0.355. The maximum absolute atomic E-state index is 13.6. The summed E-state index contributed by atoms with van der Waals surface area (Å²) in [7, 11) is 0. The summed E-state index contributed by atoms with van der Waals surface area (Å²) in [6, 6.07) is 15.2. The van der Waals surface area contributed by atoms with Crippen LogP contribution in [0.2, 0.25) is 0 Å². The van der Waals surface area contributed by atoms with E-state index in [0.717, 1.165) is 18.7 Å². The summed E-state index contributed by atoms with van der Waals surface area (Å²) in [5.74, 6) is -0.119. The van der Waals surface area contributed by atoms with Crippen LogP contribution in [0, 0.1) is 24.2 Å². The van der Waals surface area contributed by atoms with Crippen molar-refractivity contribution < 1.29 is 9.90 Å². The average molecular weight is 476 g/mol. The molecule has 4 atom stereocenters. The Morgan fingerprint density at radius 3 is 2.71 bits per heavy atom. The Bertz CT molecular complexity index is 1150. The summed E-state index contributed by atoms with van der Waals surface area (Å²) in [6.07, 6.45) is 5.58. The van der Waals surface area contributed by atoms with Crippen molar-refractivity contribution in [2.75, 3.05) is 0 Å². The van der Waals surface area contributed by atoms with Crippen LogP contribution in [0.1, 0.15) is 56.4 Å². The molecule has 1 aromatic carbocycles. The molecule has 4 rings (SSSR count). The van der Waals surface area contributed by atoms with Gasteiger partial charge in [0, 0.05) is 41.1 Å². The van der Waals surface area contributed by atoms with Crippen molar-refractivity contribution in [2.24, 2.45) is 17.3 Å². The average Bonchev–Trinajstić information content (AvgIpc) is 3.51. The van der Waals surface area contributed by atoms with Crippen molar-refractivity contribution in [1.29, 1.82) is 0 Å². The maximum Gasteiger partial charge on any atom is 0.144 e. The third-order valence-electron chi connectivity index (χ3n) is 7.32. The molecule has 2 aromatic heterocycles. The number of nitrogens with zero attached hydrogens (tertiary/aromatic N) is 1. The van der Waals surface area contributed by atoms with Gasteiger partial charge >= 0.3 is 0 Å². The number of ketones is 1. The number of allylic oxidation sites excluding steroid dienone is 1. The highest BCUT2D eigenvalue weighted by Gasteiger charge is 2.43. The van der Waals surface area contributed by atoms with E-state index in [1.807, 2.05) is 0 Å². The third kappa shape index (κ3) is 5.13. The highest BCUT2D eigenvalue weighted by atomic mass is 32.1. The molecule has 0 aliphatic heterocycles. The zero-order valence-corrected chi connectivity index (χ0v) is 21.6. The molecule has 0 amide bonds. The first-order chi connectivity index (χ1) is 16.2. The number of rotatable bonds is 8. The van der Waals surface area contributed by atoms with Gasteiger partial charge in [-0.3, -0.25) is 4.79 Å². The highest BCUT2D eigenvalue weighted by Crippen LogP contribution is 2.44. The fraction of sp³-hybridized carbons (Fsp3) is 0.433. The molecule has 1 fully saturated rings. The number of aliphatic hydroxyl groups is 1. The third-order valence-corrected chi connectivity index (χ3v) is 8.38. The van der Waals surface area contributed by atoms with E-state index in [4.69, 9.17) is 0 Å². The molecule has 1 aliphatic rings. The highest BCUT2D eigenvalue weighted by molar-refractivity contribution is 7.13. The van der Waals surface area contributed by atoms with Gasteiger partial charge in [-0.1, -0.05) is 51.1 Å². The lowest BCUT2D eigenvalue weighted by Crippen LogP contribution is -2.33. The van der Waals surface area contributed by atoms with Crippen molar-refractivity contribution in [3.63, 3.8) is 0 Å².